The van der Waals surface area contributed by atoms with Crippen LogP contribution in [0.15, 0.2) is 30.3 Å². The summed E-state index contributed by atoms with van der Waals surface area (Å²) in [6, 6.07) is 6.63. The highest BCUT2D eigenvalue weighted by Gasteiger charge is 2.36. The molecule has 3 heterocycles. The van der Waals surface area contributed by atoms with Crippen LogP contribution in [0, 0.1) is 0 Å². The lowest BCUT2D eigenvalue weighted by Crippen LogP contribution is -2.35. The highest BCUT2D eigenvalue weighted by Crippen LogP contribution is 2.34. The minimum absolute atomic E-state index is 0.0558. The summed E-state index contributed by atoms with van der Waals surface area (Å²) in [6.07, 6.45) is -1.93. The summed E-state index contributed by atoms with van der Waals surface area (Å²) in [5.74, 6) is -0.389. The van der Waals surface area contributed by atoms with Gasteiger partial charge in [0.15, 0.2) is 17.0 Å². The summed E-state index contributed by atoms with van der Waals surface area (Å²) in [5, 5.41) is 4.40. The van der Waals surface area contributed by atoms with Crippen LogP contribution in [0.1, 0.15) is 35.4 Å². The van der Waals surface area contributed by atoms with E-state index in [0.29, 0.717) is 23.2 Å². The molecule has 1 aliphatic heterocycles. The Labute approximate surface area is 174 Å². The minimum Gasteiger partial charge on any atom is -0.337 e. The molecule has 1 fully saturated rings. The van der Waals surface area contributed by atoms with Crippen LogP contribution in [-0.4, -0.2) is 38.5 Å². The molecular weight excluding hydrogens is 428 g/mol. The molecule has 0 atom stereocenters. The number of carbonyl (C=O) groups is 1. The van der Waals surface area contributed by atoms with Crippen molar-refractivity contribution in [1.82, 2.24) is 19.5 Å². The Morgan fingerprint density at radius 2 is 1.72 bits per heavy atom. The summed E-state index contributed by atoms with van der Waals surface area (Å²) < 4.78 is 41.7. The number of hydrogen-bond acceptors (Lipinski definition) is 3. The van der Waals surface area contributed by atoms with Crippen molar-refractivity contribution in [3.8, 4) is 11.3 Å². The Morgan fingerprint density at radius 3 is 2.38 bits per heavy atom. The van der Waals surface area contributed by atoms with Crippen molar-refractivity contribution in [2.75, 3.05) is 13.1 Å². The summed E-state index contributed by atoms with van der Waals surface area (Å²) in [5.41, 5.74) is -0.725. The lowest BCUT2D eigenvalue weighted by Gasteiger charge is -2.25. The zero-order valence-corrected chi connectivity index (χ0v) is 16.5. The molecule has 1 saturated heterocycles. The van der Waals surface area contributed by atoms with Crippen molar-refractivity contribution >= 4 is 34.8 Å². The molecule has 2 aromatic heterocycles. The number of hydrogen-bond donors (Lipinski definition) is 0. The van der Waals surface area contributed by atoms with Gasteiger partial charge in [0.25, 0.3) is 5.91 Å². The standard InChI is InChI=1S/C19H15Cl2F3N4O/c20-12-5-4-11(8-13(12)21)14-9-16(19(22,23)24)28-17(25-14)10-15(26-28)18(29)27-6-2-1-3-7-27/h4-5,8-10H,1-3,6-7H2. The van der Waals surface area contributed by atoms with Crippen molar-refractivity contribution in [3.05, 3.63) is 51.8 Å². The molecule has 1 aliphatic rings. The van der Waals surface area contributed by atoms with Crippen molar-refractivity contribution in [2.24, 2.45) is 0 Å². The zero-order valence-electron chi connectivity index (χ0n) is 15.0. The van der Waals surface area contributed by atoms with Crippen LogP contribution in [0.2, 0.25) is 10.0 Å². The number of halogens is 5. The molecule has 0 unspecified atom stereocenters. The van der Waals surface area contributed by atoms with Crippen LogP contribution in [0.25, 0.3) is 16.9 Å². The number of piperidine rings is 1. The molecule has 0 spiro atoms. The molecule has 0 N–H and O–H groups in total. The fourth-order valence-corrected chi connectivity index (χ4v) is 3.64. The van der Waals surface area contributed by atoms with E-state index in [1.54, 1.807) is 4.90 Å². The SMILES string of the molecule is O=C(c1cc2nc(-c3ccc(Cl)c(Cl)c3)cc(C(F)(F)F)n2n1)N1CCCCC1. The third-order valence-corrected chi connectivity index (χ3v) is 5.53. The molecule has 4 rings (SSSR count). The molecule has 10 heteroatoms. The fraction of sp³-hybridized carbons (Fsp3) is 0.316. The van der Waals surface area contributed by atoms with Crippen molar-refractivity contribution < 1.29 is 18.0 Å². The third kappa shape index (κ3) is 3.91. The van der Waals surface area contributed by atoms with E-state index in [2.05, 4.69) is 10.1 Å². The molecule has 5 nitrogen and oxygen atoms in total. The molecule has 1 amide bonds. The van der Waals surface area contributed by atoms with Crippen LogP contribution in [0.3, 0.4) is 0 Å². The van der Waals surface area contributed by atoms with Gasteiger partial charge in [-0.15, -0.1) is 0 Å². The molecule has 3 aromatic rings. The Kier molecular flexibility index (Phi) is 5.16. The maximum atomic E-state index is 13.7. The molecule has 0 radical (unpaired) electrons. The van der Waals surface area contributed by atoms with Crippen molar-refractivity contribution in [3.63, 3.8) is 0 Å². The zero-order chi connectivity index (χ0) is 20.8. The lowest BCUT2D eigenvalue weighted by atomic mass is 10.1. The van der Waals surface area contributed by atoms with Gasteiger partial charge in [0.05, 0.1) is 15.7 Å². The smallest absolute Gasteiger partial charge is 0.337 e. The number of carbonyl (C=O) groups excluding carboxylic acids is 1. The van der Waals surface area contributed by atoms with Crippen LogP contribution in [0.4, 0.5) is 13.2 Å². The highest BCUT2D eigenvalue weighted by molar-refractivity contribution is 6.42. The van der Waals surface area contributed by atoms with Gasteiger partial charge in [0, 0.05) is 24.7 Å². The first kappa shape index (κ1) is 20.0. The second-order valence-corrected chi connectivity index (χ2v) is 7.62. The largest absolute Gasteiger partial charge is 0.433 e. The Morgan fingerprint density at radius 1 is 1.00 bits per heavy atom. The van der Waals surface area contributed by atoms with E-state index in [4.69, 9.17) is 23.2 Å². The topological polar surface area (TPSA) is 50.5 Å². The first-order valence-electron chi connectivity index (χ1n) is 8.97. The summed E-state index contributed by atoms with van der Waals surface area (Å²) in [4.78, 5) is 18.6. The molecule has 0 aliphatic carbocycles. The van der Waals surface area contributed by atoms with Crippen LogP contribution < -0.4 is 0 Å². The number of nitrogens with zero attached hydrogens (tertiary/aromatic N) is 4. The number of alkyl halides is 3. The van der Waals surface area contributed by atoms with Gasteiger partial charge in [0.1, 0.15) is 0 Å². The minimum atomic E-state index is -4.69. The third-order valence-electron chi connectivity index (χ3n) is 4.80. The molecule has 0 bridgehead atoms. The van der Waals surface area contributed by atoms with Crippen molar-refractivity contribution in [1.29, 1.82) is 0 Å². The predicted molar refractivity (Wildman–Crippen MR) is 103 cm³/mol. The average molecular weight is 443 g/mol. The average Bonchev–Trinajstić information content (AvgIpc) is 3.12. The van der Waals surface area contributed by atoms with E-state index < -0.39 is 11.9 Å². The van der Waals surface area contributed by atoms with E-state index in [9.17, 15) is 18.0 Å². The first-order valence-corrected chi connectivity index (χ1v) is 9.72. The molecule has 152 valence electrons. The van der Waals surface area contributed by atoms with Gasteiger partial charge < -0.3 is 4.90 Å². The highest BCUT2D eigenvalue weighted by atomic mass is 35.5. The number of amides is 1. The fourth-order valence-electron chi connectivity index (χ4n) is 3.34. The normalized spacial score (nSPS) is 15.1. The van der Waals surface area contributed by atoms with Crippen molar-refractivity contribution in [2.45, 2.75) is 25.4 Å². The molecular formula is C19H15Cl2F3N4O. The van der Waals surface area contributed by atoms with Crippen LogP contribution in [-0.2, 0) is 6.18 Å². The second-order valence-electron chi connectivity index (χ2n) is 6.81. The Hall–Kier alpha value is -2.32. The van der Waals surface area contributed by atoms with Gasteiger partial charge in [-0.25, -0.2) is 9.50 Å². The van der Waals surface area contributed by atoms with Crippen LogP contribution in [0.5, 0.6) is 0 Å². The van der Waals surface area contributed by atoms with Gasteiger partial charge in [-0.2, -0.15) is 18.3 Å². The number of likely N-dealkylation sites (tertiary alicyclic amines) is 1. The number of rotatable bonds is 2. The Balaban J connectivity index is 1.83. The quantitative estimate of drug-likeness (QED) is 0.537. The first-order chi connectivity index (χ1) is 13.7. The van der Waals surface area contributed by atoms with E-state index in [1.807, 2.05) is 0 Å². The van der Waals surface area contributed by atoms with Gasteiger partial charge >= 0.3 is 6.18 Å². The van der Waals surface area contributed by atoms with E-state index in [-0.39, 0.29) is 33.0 Å². The van der Waals surface area contributed by atoms with Crippen LogP contribution >= 0.6 is 23.2 Å². The summed E-state index contributed by atoms with van der Waals surface area (Å²) in [7, 11) is 0. The summed E-state index contributed by atoms with van der Waals surface area (Å²) in [6.45, 7) is 1.14. The molecule has 1 aromatic carbocycles. The Bertz CT molecular complexity index is 1090. The maximum absolute atomic E-state index is 13.7. The number of benzene rings is 1. The molecule has 29 heavy (non-hydrogen) atoms. The maximum Gasteiger partial charge on any atom is 0.433 e. The van der Waals surface area contributed by atoms with Gasteiger partial charge in [0.2, 0.25) is 0 Å². The lowest BCUT2D eigenvalue weighted by molar-refractivity contribution is -0.142. The second kappa shape index (κ2) is 7.50. The molecule has 0 saturated carbocycles. The number of aromatic nitrogens is 3. The van der Waals surface area contributed by atoms with E-state index >= 15 is 0 Å². The van der Waals surface area contributed by atoms with E-state index in [1.165, 1.54) is 24.3 Å². The monoisotopic (exact) mass is 442 g/mol. The predicted octanol–water partition coefficient (Wildman–Crippen LogP) is 5.35. The van der Waals surface area contributed by atoms with Gasteiger partial charge in [-0.05, 0) is 37.5 Å². The van der Waals surface area contributed by atoms with E-state index in [0.717, 1.165) is 25.3 Å². The van der Waals surface area contributed by atoms with Gasteiger partial charge in [-0.1, -0.05) is 29.3 Å². The number of fused-ring (bicyclic) bond motifs is 1. The summed E-state index contributed by atoms with van der Waals surface area (Å²) >= 11 is 11.9. The van der Waals surface area contributed by atoms with Gasteiger partial charge in [-0.3, -0.25) is 4.79 Å².